The van der Waals surface area contributed by atoms with E-state index in [-0.39, 0.29) is 11.9 Å². The smallest absolute Gasteiger partial charge is 0.301 e. The number of amides is 1. The molecular weight excluding hydrogens is 236 g/mol. The van der Waals surface area contributed by atoms with Crippen LogP contribution >= 0.6 is 0 Å². The molecule has 1 aromatic heterocycles. The van der Waals surface area contributed by atoms with Gasteiger partial charge in [0, 0.05) is 5.56 Å². The van der Waals surface area contributed by atoms with Crippen LogP contribution in [0.5, 0.6) is 0 Å². The van der Waals surface area contributed by atoms with E-state index in [1.807, 2.05) is 19.3 Å². The molecule has 18 heavy (non-hydrogen) atoms. The molecule has 0 unspecified atom stereocenters. The molecule has 3 N–H and O–H groups in total. The van der Waals surface area contributed by atoms with Crippen LogP contribution in [0.15, 0.2) is 10.5 Å². The maximum Gasteiger partial charge on any atom is 0.301 e. The number of carbonyl (C=O) groups is 1. The van der Waals surface area contributed by atoms with E-state index in [1.165, 1.54) is 0 Å². The maximum atomic E-state index is 11.3. The Morgan fingerprint density at radius 2 is 2.22 bits per heavy atom. The summed E-state index contributed by atoms with van der Waals surface area (Å²) in [5, 5.41) is 0. The van der Waals surface area contributed by atoms with Gasteiger partial charge < -0.3 is 13.9 Å². The molecule has 1 rings (SSSR count). The fourth-order valence-electron chi connectivity index (χ4n) is 1.43. The van der Waals surface area contributed by atoms with Crippen LogP contribution in [0.1, 0.15) is 35.7 Å². The first-order valence-electron chi connectivity index (χ1n) is 5.84. The van der Waals surface area contributed by atoms with Crippen LogP contribution in [0.2, 0.25) is 0 Å². The standard InChI is InChI=1S/C12H20N2O4/c1-8(2)17-5-4-16-7-10-6-9(3)11(18-10)12(15)14-13/h6,8H,4-5,7,13H2,1-3H3,(H,14,15). The Morgan fingerprint density at radius 3 is 2.83 bits per heavy atom. The summed E-state index contributed by atoms with van der Waals surface area (Å²) in [6, 6.07) is 1.76. The number of hydrogen-bond acceptors (Lipinski definition) is 5. The summed E-state index contributed by atoms with van der Waals surface area (Å²) in [5.74, 6) is 5.41. The van der Waals surface area contributed by atoms with Crippen molar-refractivity contribution in [2.24, 2.45) is 5.84 Å². The number of rotatable bonds is 7. The van der Waals surface area contributed by atoms with Crippen LogP contribution in [-0.4, -0.2) is 25.2 Å². The quantitative estimate of drug-likeness (QED) is 0.330. The molecule has 1 heterocycles. The average molecular weight is 256 g/mol. The first-order valence-corrected chi connectivity index (χ1v) is 5.84. The second-order valence-electron chi connectivity index (χ2n) is 4.17. The molecule has 6 nitrogen and oxygen atoms in total. The van der Waals surface area contributed by atoms with Gasteiger partial charge in [0.1, 0.15) is 12.4 Å². The lowest BCUT2D eigenvalue weighted by Crippen LogP contribution is -2.30. The number of furan rings is 1. The highest BCUT2D eigenvalue weighted by atomic mass is 16.5. The van der Waals surface area contributed by atoms with E-state index in [4.69, 9.17) is 19.7 Å². The summed E-state index contributed by atoms with van der Waals surface area (Å²) < 4.78 is 16.0. The number of hydrogen-bond donors (Lipinski definition) is 2. The van der Waals surface area contributed by atoms with Gasteiger partial charge in [-0.25, -0.2) is 5.84 Å². The number of ether oxygens (including phenoxy) is 2. The lowest BCUT2D eigenvalue weighted by molar-refractivity contribution is 0.0102. The largest absolute Gasteiger partial charge is 0.453 e. The van der Waals surface area contributed by atoms with Gasteiger partial charge >= 0.3 is 5.91 Å². The second-order valence-corrected chi connectivity index (χ2v) is 4.17. The lowest BCUT2D eigenvalue weighted by atomic mass is 10.2. The predicted octanol–water partition coefficient (Wildman–Crippen LogP) is 1.13. The van der Waals surface area contributed by atoms with Gasteiger partial charge in [-0.3, -0.25) is 10.2 Å². The van der Waals surface area contributed by atoms with Crippen molar-refractivity contribution in [3.05, 3.63) is 23.2 Å². The molecule has 0 fully saturated rings. The topological polar surface area (TPSA) is 86.7 Å². The van der Waals surface area contributed by atoms with Crippen molar-refractivity contribution in [3.8, 4) is 0 Å². The highest BCUT2D eigenvalue weighted by molar-refractivity contribution is 5.92. The fraction of sp³-hybridized carbons (Fsp3) is 0.583. The summed E-state index contributed by atoms with van der Waals surface area (Å²) in [6.07, 6.45) is 0.194. The molecule has 6 heteroatoms. The first-order chi connectivity index (χ1) is 8.54. The van der Waals surface area contributed by atoms with Crippen LogP contribution in [0.25, 0.3) is 0 Å². The Morgan fingerprint density at radius 1 is 1.50 bits per heavy atom. The Bertz CT molecular complexity index is 387. The summed E-state index contributed by atoms with van der Waals surface area (Å²) in [4.78, 5) is 11.3. The summed E-state index contributed by atoms with van der Waals surface area (Å²) in [7, 11) is 0. The number of aryl methyl sites for hydroxylation is 1. The molecule has 1 amide bonds. The van der Waals surface area contributed by atoms with E-state index in [9.17, 15) is 4.79 Å². The molecule has 0 spiro atoms. The van der Waals surface area contributed by atoms with Gasteiger partial charge in [-0.1, -0.05) is 0 Å². The minimum atomic E-state index is -0.443. The van der Waals surface area contributed by atoms with Gasteiger partial charge in [-0.05, 0) is 26.8 Å². The predicted molar refractivity (Wildman–Crippen MR) is 65.8 cm³/mol. The van der Waals surface area contributed by atoms with Gasteiger partial charge in [0.15, 0.2) is 5.76 Å². The number of hydrazine groups is 1. The van der Waals surface area contributed by atoms with Crippen molar-refractivity contribution in [1.82, 2.24) is 5.43 Å². The van der Waals surface area contributed by atoms with Crippen molar-refractivity contribution in [3.63, 3.8) is 0 Å². The van der Waals surface area contributed by atoms with Gasteiger partial charge in [0.05, 0.1) is 19.3 Å². The molecule has 0 bridgehead atoms. The molecule has 0 radical (unpaired) electrons. The zero-order chi connectivity index (χ0) is 13.5. The van der Waals surface area contributed by atoms with Crippen LogP contribution in [0, 0.1) is 6.92 Å². The van der Waals surface area contributed by atoms with Gasteiger partial charge in [0.2, 0.25) is 0 Å². The Kier molecular flexibility index (Phi) is 5.84. The van der Waals surface area contributed by atoms with Crippen molar-refractivity contribution in [1.29, 1.82) is 0 Å². The van der Waals surface area contributed by atoms with Crippen LogP contribution in [0.3, 0.4) is 0 Å². The van der Waals surface area contributed by atoms with E-state index in [0.717, 1.165) is 5.56 Å². The highest BCUT2D eigenvalue weighted by Crippen LogP contribution is 2.15. The minimum absolute atomic E-state index is 0.194. The summed E-state index contributed by atoms with van der Waals surface area (Å²) in [5.41, 5.74) is 2.76. The minimum Gasteiger partial charge on any atom is -0.453 e. The zero-order valence-electron chi connectivity index (χ0n) is 11.0. The van der Waals surface area contributed by atoms with Crippen molar-refractivity contribution >= 4 is 5.91 Å². The SMILES string of the molecule is Cc1cc(COCCOC(C)C)oc1C(=O)NN. The van der Waals surface area contributed by atoms with Crippen molar-refractivity contribution < 1.29 is 18.7 Å². The zero-order valence-corrected chi connectivity index (χ0v) is 11.0. The van der Waals surface area contributed by atoms with Crippen molar-refractivity contribution in [2.45, 2.75) is 33.5 Å². The second kappa shape index (κ2) is 7.15. The van der Waals surface area contributed by atoms with Crippen LogP contribution < -0.4 is 11.3 Å². The molecule has 102 valence electrons. The van der Waals surface area contributed by atoms with E-state index in [0.29, 0.717) is 25.6 Å². The third-order valence-electron chi connectivity index (χ3n) is 2.23. The van der Waals surface area contributed by atoms with Crippen molar-refractivity contribution in [2.75, 3.05) is 13.2 Å². The van der Waals surface area contributed by atoms with Gasteiger partial charge in [0.25, 0.3) is 0 Å². The maximum absolute atomic E-state index is 11.3. The Balaban J connectivity index is 2.37. The van der Waals surface area contributed by atoms with E-state index in [1.54, 1.807) is 13.0 Å². The molecule has 0 saturated heterocycles. The molecular formula is C12H20N2O4. The fourth-order valence-corrected chi connectivity index (χ4v) is 1.43. The third-order valence-corrected chi connectivity index (χ3v) is 2.23. The number of nitrogens with two attached hydrogens (primary N) is 1. The van der Waals surface area contributed by atoms with Gasteiger partial charge in [-0.2, -0.15) is 0 Å². The van der Waals surface area contributed by atoms with E-state index >= 15 is 0 Å². The molecule has 0 aromatic carbocycles. The van der Waals surface area contributed by atoms with Crippen LogP contribution in [0.4, 0.5) is 0 Å². The molecule has 0 saturated carbocycles. The number of nitrogens with one attached hydrogen (secondary N) is 1. The number of carbonyl (C=O) groups excluding carboxylic acids is 1. The first kappa shape index (κ1) is 14.7. The summed E-state index contributed by atoms with van der Waals surface area (Å²) >= 11 is 0. The monoisotopic (exact) mass is 256 g/mol. The summed E-state index contributed by atoms with van der Waals surface area (Å²) in [6.45, 7) is 7.03. The Labute approximate surface area is 106 Å². The Hall–Kier alpha value is -1.37. The molecule has 0 aliphatic heterocycles. The third kappa shape index (κ3) is 4.48. The average Bonchev–Trinajstić information content (AvgIpc) is 2.69. The normalized spacial score (nSPS) is 10.9. The molecule has 0 aliphatic carbocycles. The van der Waals surface area contributed by atoms with Gasteiger partial charge in [-0.15, -0.1) is 0 Å². The highest BCUT2D eigenvalue weighted by Gasteiger charge is 2.14. The molecule has 0 aliphatic rings. The van der Waals surface area contributed by atoms with E-state index < -0.39 is 5.91 Å². The van der Waals surface area contributed by atoms with E-state index in [2.05, 4.69) is 0 Å². The lowest BCUT2D eigenvalue weighted by Gasteiger charge is -2.06. The molecule has 1 aromatic rings. The van der Waals surface area contributed by atoms with Crippen LogP contribution in [-0.2, 0) is 16.1 Å². The number of nitrogen functional groups attached to an aromatic ring is 1. The molecule has 0 atom stereocenters.